The lowest BCUT2D eigenvalue weighted by molar-refractivity contribution is 0.0740. The fraction of sp³-hybridized carbons (Fsp3) is 0.227. The van der Waals surface area contributed by atoms with E-state index in [9.17, 15) is 4.79 Å². The number of piperazine rings is 1. The summed E-state index contributed by atoms with van der Waals surface area (Å²) in [6, 6.07) is 15.5. The Morgan fingerprint density at radius 3 is 2.39 bits per heavy atom. The Morgan fingerprint density at radius 2 is 1.71 bits per heavy atom. The lowest BCUT2D eigenvalue weighted by atomic mass is 10.1. The number of H-pyrrole nitrogens is 1. The molecule has 0 unspecified atom stereocenters. The molecule has 1 aliphatic heterocycles. The molecular formula is C22H22N8O. The number of aryl methyl sites for hydroxylation is 1. The number of amides is 1. The second kappa shape index (κ2) is 8.02. The van der Waals surface area contributed by atoms with Crippen molar-refractivity contribution >= 4 is 11.7 Å². The van der Waals surface area contributed by atoms with Crippen molar-refractivity contribution in [2.45, 2.75) is 6.92 Å². The number of anilines is 1. The van der Waals surface area contributed by atoms with E-state index in [1.807, 2.05) is 71.1 Å². The highest BCUT2D eigenvalue weighted by Gasteiger charge is 2.24. The number of aromatic amines is 1. The van der Waals surface area contributed by atoms with Crippen molar-refractivity contribution in [3.63, 3.8) is 0 Å². The number of hydrogen-bond donors (Lipinski definition) is 1. The largest absolute Gasteiger partial charge is 0.352 e. The molecule has 9 heteroatoms. The first-order valence-electron chi connectivity index (χ1n) is 10.2. The molecule has 0 saturated carbocycles. The van der Waals surface area contributed by atoms with Crippen LogP contribution in [0.5, 0.6) is 0 Å². The van der Waals surface area contributed by atoms with E-state index in [4.69, 9.17) is 0 Å². The first kappa shape index (κ1) is 19.0. The number of aromatic nitrogens is 6. The number of nitrogens with one attached hydrogen (secondary N) is 1. The molecular weight excluding hydrogens is 392 g/mol. The van der Waals surface area contributed by atoms with Gasteiger partial charge in [-0.05, 0) is 25.1 Å². The lowest BCUT2D eigenvalue weighted by Gasteiger charge is -2.34. The molecule has 1 aliphatic rings. The SMILES string of the molecule is Cc1nccn1-c1ccc(N2CCN(C(=O)c3cc(-c4ccccc4)n[nH]3)CC2)nn1. The molecule has 156 valence electrons. The Hall–Kier alpha value is -4.01. The quantitative estimate of drug-likeness (QED) is 0.551. The molecule has 0 radical (unpaired) electrons. The van der Waals surface area contributed by atoms with Crippen molar-refractivity contribution in [3.8, 4) is 17.1 Å². The maximum absolute atomic E-state index is 12.9. The van der Waals surface area contributed by atoms with Crippen LogP contribution in [0.2, 0.25) is 0 Å². The molecule has 5 rings (SSSR count). The van der Waals surface area contributed by atoms with Crippen LogP contribution < -0.4 is 4.90 Å². The van der Waals surface area contributed by atoms with E-state index in [-0.39, 0.29) is 5.91 Å². The highest BCUT2D eigenvalue weighted by molar-refractivity contribution is 5.93. The van der Waals surface area contributed by atoms with Crippen LogP contribution in [0.15, 0.2) is 60.9 Å². The molecule has 9 nitrogen and oxygen atoms in total. The Labute approximate surface area is 179 Å². The van der Waals surface area contributed by atoms with Gasteiger partial charge >= 0.3 is 0 Å². The summed E-state index contributed by atoms with van der Waals surface area (Å²) in [5.41, 5.74) is 2.26. The Bertz CT molecular complexity index is 1170. The van der Waals surface area contributed by atoms with Crippen molar-refractivity contribution in [2.24, 2.45) is 0 Å². The van der Waals surface area contributed by atoms with Crippen molar-refractivity contribution in [2.75, 3.05) is 31.1 Å². The standard InChI is InChI=1S/C22H22N8O/c1-16-23-9-10-30(16)21-8-7-20(26-27-21)28-11-13-29(14-12-28)22(31)19-15-18(24-25-19)17-5-3-2-4-6-17/h2-10,15H,11-14H2,1H3,(H,24,25). The minimum absolute atomic E-state index is 0.0358. The summed E-state index contributed by atoms with van der Waals surface area (Å²) in [5, 5.41) is 15.9. The summed E-state index contributed by atoms with van der Waals surface area (Å²) in [4.78, 5) is 21.1. The summed E-state index contributed by atoms with van der Waals surface area (Å²) in [7, 11) is 0. The molecule has 4 heterocycles. The normalized spacial score (nSPS) is 14.1. The second-order valence-electron chi connectivity index (χ2n) is 7.41. The molecule has 3 aromatic heterocycles. The predicted molar refractivity (Wildman–Crippen MR) is 116 cm³/mol. The van der Waals surface area contributed by atoms with Gasteiger partial charge < -0.3 is 9.80 Å². The summed E-state index contributed by atoms with van der Waals surface area (Å²) < 4.78 is 1.89. The lowest BCUT2D eigenvalue weighted by Crippen LogP contribution is -2.49. The summed E-state index contributed by atoms with van der Waals surface area (Å²) in [6.45, 7) is 4.55. The molecule has 1 amide bonds. The topological polar surface area (TPSA) is 95.8 Å². The zero-order valence-corrected chi connectivity index (χ0v) is 17.1. The van der Waals surface area contributed by atoms with Crippen molar-refractivity contribution < 1.29 is 4.79 Å². The van der Waals surface area contributed by atoms with E-state index in [1.54, 1.807) is 6.20 Å². The van der Waals surface area contributed by atoms with Gasteiger partial charge in [0.2, 0.25) is 0 Å². The fourth-order valence-corrected chi connectivity index (χ4v) is 3.73. The maximum atomic E-state index is 12.9. The number of benzene rings is 1. The van der Waals surface area contributed by atoms with Gasteiger partial charge in [-0.15, -0.1) is 10.2 Å². The minimum atomic E-state index is -0.0358. The van der Waals surface area contributed by atoms with Crippen LogP contribution in [-0.4, -0.2) is 66.9 Å². The molecule has 31 heavy (non-hydrogen) atoms. The van der Waals surface area contributed by atoms with Gasteiger partial charge in [0.1, 0.15) is 11.5 Å². The molecule has 0 spiro atoms. The van der Waals surface area contributed by atoms with Gasteiger partial charge in [-0.25, -0.2) is 4.98 Å². The zero-order valence-electron chi connectivity index (χ0n) is 17.1. The fourth-order valence-electron chi connectivity index (χ4n) is 3.73. The van der Waals surface area contributed by atoms with Crippen LogP contribution in [0.25, 0.3) is 17.1 Å². The third kappa shape index (κ3) is 3.77. The molecule has 0 aliphatic carbocycles. The average Bonchev–Trinajstić information content (AvgIpc) is 3.49. The van der Waals surface area contributed by atoms with E-state index < -0.39 is 0 Å². The van der Waals surface area contributed by atoms with Crippen LogP contribution in [0, 0.1) is 6.92 Å². The van der Waals surface area contributed by atoms with Gasteiger partial charge in [-0.2, -0.15) is 5.10 Å². The molecule has 1 N–H and O–H groups in total. The second-order valence-corrected chi connectivity index (χ2v) is 7.41. The highest BCUT2D eigenvalue weighted by atomic mass is 16.2. The molecule has 1 saturated heterocycles. The minimum Gasteiger partial charge on any atom is -0.352 e. The molecule has 1 fully saturated rings. The first-order valence-corrected chi connectivity index (χ1v) is 10.2. The monoisotopic (exact) mass is 414 g/mol. The predicted octanol–water partition coefficient (Wildman–Crippen LogP) is 2.32. The summed E-state index contributed by atoms with van der Waals surface area (Å²) >= 11 is 0. The average molecular weight is 414 g/mol. The number of imidazole rings is 1. The number of rotatable bonds is 4. The molecule has 0 bridgehead atoms. The molecule has 1 aromatic carbocycles. The Kier molecular flexibility index (Phi) is 4.91. The van der Waals surface area contributed by atoms with Crippen molar-refractivity contribution in [1.29, 1.82) is 0 Å². The van der Waals surface area contributed by atoms with Gasteiger partial charge in [-0.1, -0.05) is 30.3 Å². The van der Waals surface area contributed by atoms with Crippen LogP contribution in [0.3, 0.4) is 0 Å². The highest BCUT2D eigenvalue weighted by Crippen LogP contribution is 2.19. The van der Waals surface area contributed by atoms with Crippen LogP contribution >= 0.6 is 0 Å². The Morgan fingerprint density at radius 1 is 0.968 bits per heavy atom. The first-order chi connectivity index (χ1) is 15.2. The summed E-state index contributed by atoms with van der Waals surface area (Å²) in [6.07, 6.45) is 3.60. The van der Waals surface area contributed by atoms with E-state index >= 15 is 0 Å². The van der Waals surface area contributed by atoms with Crippen molar-refractivity contribution in [3.05, 3.63) is 72.4 Å². The van der Waals surface area contributed by atoms with Crippen LogP contribution in [0.4, 0.5) is 5.82 Å². The van der Waals surface area contributed by atoms with Gasteiger partial charge in [0, 0.05) is 44.1 Å². The number of carbonyl (C=O) groups excluding carboxylic acids is 1. The molecule has 0 atom stereocenters. The van der Waals surface area contributed by atoms with E-state index in [2.05, 4.69) is 30.3 Å². The van der Waals surface area contributed by atoms with E-state index in [0.717, 1.165) is 28.7 Å². The summed E-state index contributed by atoms with van der Waals surface area (Å²) in [5.74, 6) is 2.37. The third-order valence-corrected chi connectivity index (χ3v) is 5.48. The Balaban J connectivity index is 1.22. The van der Waals surface area contributed by atoms with E-state index in [1.165, 1.54) is 0 Å². The van der Waals surface area contributed by atoms with Gasteiger partial charge in [-0.3, -0.25) is 14.5 Å². The van der Waals surface area contributed by atoms with Crippen molar-refractivity contribution in [1.82, 2.24) is 34.8 Å². The number of nitrogens with zero attached hydrogens (tertiary/aromatic N) is 7. The number of hydrogen-bond acceptors (Lipinski definition) is 6. The number of carbonyl (C=O) groups is 1. The third-order valence-electron chi connectivity index (χ3n) is 5.48. The van der Waals surface area contributed by atoms with Gasteiger partial charge in [0.25, 0.3) is 5.91 Å². The van der Waals surface area contributed by atoms with Crippen LogP contribution in [-0.2, 0) is 0 Å². The molecule has 4 aromatic rings. The van der Waals surface area contributed by atoms with Gasteiger partial charge in [0.15, 0.2) is 11.6 Å². The smallest absolute Gasteiger partial charge is 0.272 e. The van der Waals surface area contributed by atoms with E-state index in [0.29, 0.717) is 31.9 Å². The zero-order chi connectivity index (χ0) is 21.2. The van der Waals surface area contributed by atoms with Gasteiger partial charge in [0.05, 0.1) is 5.69 Å². The maximum Gasteiger partial charge on any atom is 0.272 e. The van der Waals surface area contributed by atoms with Crippen LogP contribution in [0.1, 0.15) is 16.3 Å².